The van der Waals surface area contributed by atoms with Crippen LogP contribution in [0.3, 0.4) is 0 Å². The minimum atomic E-state index is -0.469. The minimum Gasteiger partial charge on any atom is -0.347 e. The van der Waals surface area contributed by atoms with Crippen LogP contribution in [0.4, 0.5) is 0 Å². The topological polar surface area (TPSA) is 35.5 Å². The summed E-state index contributed by atoms with van der Waals surface area (Å²) in [5.41, 5.74) is 1.05. The monoisotopic (exact) mass is 252 g/mol. The molecule has 0 bridgehead atoms. The van der Waals surface area contributed by atoms with E-state index in [1.54, 1.807) is 0 Å². The Morgan fingerprint density at radius 2 is 2.06 bits per heavy atom. The third-order valence-corrected chi connectivity index (χ3v) is 5.12. The fourth-order valence-corrected chi connectivity index (χ4v) is 3.87. The van der Waals surface area contributed by atoms with E-state index >= 15 is 0 Å². The van der Waals surface area contributed by atoms with E-state index in [2.05, 4.69) is 27.4 Å². The van der Waals surface area contributed by atoms with Gasteiger partial charge in [0.2, 0.25) is 0 Å². The molecule has 2 rings (SSSR count). The summed E-state index contributed by atoms with van der Waals surface area (Å²) in [5, 5.41) is 0. The van der Waals surface area contributed by atoms with Crippen LogP contribution in [0.1, 0.15) is 40.0 Å². The zero-order valence-electron chi connectivity index (χ0n) is 11.7. The molecule has 2 fully saturated rings. The summed E-state index contributed by atoms with van der Waals surface area (Å²) < 4.78 is 11.8. The maximum Gasteiger partial charge on any atom is 0.171 e. The second-order valence-corrected chi connectivity index (χ2v) is 6.04. The lowest BCUT2D eigenvalue weighted by molar-refractivity contribution is -0.246. The minimum absolute atomic E-state index is 0.115. The number of rotatable bonds is 3. The van der Waals surface area contributed by atoms with Gasteiger partial charge in [0, 0.05) is 18.8 Å². The van der Waals surface area contributed by atoms with Gasteiger partial charge in [0.1, 0.15) is 6.29 Å². The summed E-state index contributed by atoms with van der Waals surface area (Å²) in [4.78, 5) is 11.1. The third-order valence-electron chi connectivity index (χ3n) is 5.12. The number of carbonyl (C=O) groups excluding carboxylic acids is 1. The zero-order valence-corrected chi connectivity index (χ0v) is 11.7. The molecule has 1 saturated carbocycles. The van der Waals surface area contributed by atoms with Crippen LogP contribution in [-0.2, 0) is 14.3 Å². The molecule has 0 amide bonds. The van der Waals surface area contributed by atoms with E-state index in [0.29, 0.717) is 25.6 Å². The average Bonchev–Trinajstić information content (AvgIpc) is 2.76. The SMILES string of the molecule is C=C(C)[C@H]1CCC2(OCCO2)[C@@H](C)[C@]1(C)CC=O. The fraction of sp³-hybridized carbons (Fsp3) is 0.800. The van der Waals surface area contributed by atoms with Crippen LogP contribution in [0.15, 0.2) is 12.2 Å². The van der Waals surface area contributed by atoms with Crippen molar-refractivity contribution in [3.05, 3.63) is 12.2 Å². The highest BCUT2D eigenvalue weighted by Gasteiger charge is 2.56. The molecule has 102 valence electrons. The molecule has 18 heavy (non-hydrogen) atoms. The number of aldehydes is 1. The first-order valence-electron chi connectivity index (χ1n) is 6.83. The maximum absolute atomic E-state index is 11.1. The molecule has 3 atom stereocenters. The summed E-state index contributed by atoms with van der Waals surface area (Å²) >= 11 is 0. The predicted molar refractivity (Wildman–Crippen MR) is 70.1 cm³/mol. The molecule has 1 aliphatic heterocycles. The molecule has 1 spiro atoms. The van der Waals surface area contributed by atoms with Crippen LogP contribution in [0.2, 0.25) is 0 Å². The third kappa shape index (κ3) is 1.94. The van der Waals surface area contributed by atoms with Gasteiger partial charge in [-0.05, 0) is 24.7 Å². The van der Waals surface area contributed by atoms with Crippen LogP contribution in [-0.4, -0.2) is 25.3 Å². The molecule has 2 aliphatic rings. The summed E-state index contributed by atoms with van der Waals surface area (Å²) in [7, 11) is 0. The summed E-state index contributed by atoms with van der Waals surface area (Å²) in [6.07, 6.45) is 3.46. The number of hydrogen-bond donors (Lipinski definition) is 0. The van der Waals surface area contributed by atoms with Crippen LogP contribution >= 0.6 is 0 Å². The van der Waals surface area contributed by atoms with Crippen molar-refractivity contribution in [2.45, 2.75) is 45.8 Å². The molecule has 0 aromatic heterocycles. The molecular formula is C15H24O3. The van der Waals surface area contributed by atoms with Crippen molar-refractivity contribution >= 4 is 6.29 Å². The lowest BCUT2D eigenvalue weighted by Crippen LogP contribution is -2.53. The Morgan fingerprint density at radius 1 is 1.44 bits per heavy atom. The number of ether oxygens (including phenoxy) is 2. The zero-order chi connectivity index (χ0) is 13.4. The quantitative estimate of drug-likeness (QED) is 0.572. The van der Waals surface area contributed by atoms with Gasteiger partial charge in [-0.15, -0.1) is 0 Å². The van der Waals surface area contributed by atoms with Gasteiger partial charge in [-0.2, -0.15) is 0 Å². The highest BCUT2D eigenvalue weighted by molar-refractivity contribution is 5.51. The lowest BCUT2D eigenvalue weighted by Gasteiger charge is -2.53. The number of hydrogen-bond acceptors (Lipinski definition) is 3. The van der Waals surface area contributed by atoms with Gasteiger partial charge in [-0.3, -0.25) is 0 Å². The van der Waals surface area contributed by atoms with Crippen molar-refractivity contribution in [3.63, 3.8) is 0 Å². The summed E-state index contributed by atoms with van der Waals surface area (Å²) in [6.45, 7) is 11.8. The molecule has 0 unspecified atom stereocenters. The molecule has 0 radical (unpaired) electrons. The van der Waals surface area contributed by atoms with Crippen molar-refractivity contribution in [2.24, 2.45) is 17.3 Å². The van der Waals surface area contributed by atoms with Crippen molar-refractivity contribution in [3.8, 4) is 0 Å². The molecular weight excluding hydrogens is 228 g/mol. The smallest absolute Gasteiger partial charge is 0.171 e. The van der Waals surface area contributed by atoms with Gasteiger partial charge in [-0.1, -0.05) is 26.0 Å². The van der Waals surface area contributed by atoms with E-state index in [-0.39, 0.29) is 11.3 Å². The molecule has 0 aromatic rings. The van der Waals surface area contributed by atoms with Crippen molar-refractivity contribution < 1.29 is 14.3 Å². The normalized spacial score (nSPS) is 38.8. The molecule has 1 saturated heterocycles. The Hall–Kier alpha value is -0.670. The maximum atomic E-state index is 11.1. The second kappa shape index (κ2) is 4.78. The van der Waals surface area contributed by atoms with E-state index in [1.165, 1.54) is 5.57 Å². The number of carbonyl (C=O) groups is 1. The van der Waals surface area contributed by atoms with Gasteiger partial charge in [0.05, 0.1) is 13.2 Å². The Labute approximate surface area is 110 Å². The largest absolute Gasteiger partial charge is 0.347 e. The Kier molecular flexibility index (Phi) is 3.65. The second-order valence-electron chi connectivity index (χ2n) is 6.04. The molecule has 3 nitrogen and oxygen atoms in total. The molecule has 1 aliphatic carbocycles. The van der Waals surface area contributed by atoms with Crippen molar-refractivity contribution in [1.29, 1.82) is 0 Å². The predicted octanol–water partition coefficient (Wildman–Crippen LogP) is 2.95. The molecule has 0 aromatic carbocycles. The number of allylic oxidation sites excluding steroid dienone is 1. The summed E-state index contributed by atoms with van der Waals surface area (Å²) in [6, 6.07) is 0. The van der Waals surface area contributed by atoms with Crippen LogP contribution in [0.5, 0.6) is 0 Å². The van der Waals surface area contributed by atoms with Gasteiger partial charge in [0.25, 0.3) is 0 Å². The first-order chi connectivity index (χ1) is 8.46. The van der Waals surface area contributed by atoms with E-state index < -0.39 is 5.79 Å². The first-order valence-corrected chi connectivity index (χ1v) is 6.83. The average molecular weight is 252 g/mol. The van der Waals surface area contributed by atoms with E-state index in [0.717, 1.165) is 19.1 Å². The van der Waals surface area contributed by atoms with Gasteiger partial charge in [0.15, 0.2) is 5.79 Å². The van der Waals surface area contributed by atoms with Crippen LogP contribution in [0, 0.1) is 17.3 Å². The Morgan fingerprint density at radius 3 is 2.56 bits per heavy atom. The Balaban J connectivity index is 2.32. The van der Waals surface area contributed by atoms with Crippen LogP contribution in [0.25, 0.3) is 0 Å². The van der Waals surface area contributed by atoms with Crippen molar-refractivity contribution in [2.75, 3.05) is 13.2 Å². The summed E-state index contributed by atoms with van der Waals surface area (Å²) in [5.74, 6) is 0.105. The standard InChI is InChI=1S/C15H24O3/c1-11(2)13-5-6-15(17-9-10-18-15)12(3)14(13,4)7-8-16/h8,12-13H,1,5-7,9-10H2,2-4H3/t12-,13+,14-/m0/s1. The molecule has 0 N–H and O–H groups in total. The Bertz CT molecular complexity index is 344. The van der Waals surface area contributed by atoms with Crippen LogP contribution < -0.4 is 0 Å². The highest BCUT2D eigenvalue weighted by Crippen LogP contribution is 2.56. The lowest BCUT2D eigenvalue weighted by atomic mass is 9.56. The first kappa shape index (κ1) is 13.8. The van der Waals surface area contributed by atoms with E-state index in [1.807, 2.05) is 0 Å². The fourth-order valence-electron chi connectivity index (χ4n) is 3.87. The van der Waals surface area contributed by atoms with E-state index in [4.69, 9.17) is 9.47 Å². The van der Waals surface area contributed by atoms with Gasteiger partial charge < -0.3 is 14.3 Å². The molecule has 3 heteroatoms. The van der Waals surface area contributed by atoms with E-state index in [9.17, 15) is 4.79 Å². The highest BCUT2D eigenvalue weighted by atomic mass is 16.7. The molecule has 1 heterocycles. The van der Waals surface area contributed by atoms with Crippen molar-refractivity contribution in [1.82, 2.24) is 0 Å². The van der Waals surface area contributed by atoms with Gasteiger partial charge >= 0.3 is 0 Å². The van der Waals surface area contributed by atoms with Gasteiger partial charge in [-0.25, -0.2) is 0 Å².